The number of methoxy groups -OCH3 is 1. The second kappa shape index (κ2) is 7.17. The number of anilines is 1. The van der Waals surface area contributed by atoms with Crippen molar-refractivity contribution in [3.8, 4) is 5.75 Å². The Morgan fingerprint density at radius 3 is 2.80 bits per heavy atom. The van der Waals surface area contributed by atoms with Crippen molar-refractivity contribution >= 4 is 11.7 Å². The summed E-state index contributed by atoms with van der Waals surface area (Å²) < 4.78 is 7.13. The van der Waals surface area contributed by atoms with Crippen molar-refractivity contribution in [2.45, 2.75) is 39.2 Å². The molecule has 25 heavy (non-hydrogen) atoms. The molecular formula is C19H26N4O2. The zero-order valence-corrected chi connectivity index (χ0v) is 15.4. The monoisotopic (exact) mass is 342 g/mol. The summed E-state index contributed by atoms with van der Waals surface area (Å²) in [5, 5.41) is 7.45. The van der Waals surface area contributed by atoms with Gasteiger partial charge in [-0.15, -0.1) is 0 Å². The molecule has 2 aromatic rings. The van der Waals surface area contributed by atoms with Gasteiger partial charge in [-0.05, 0) is 50.8 Å². The van der Waals surface area contributed by atoms with Crippen molar-refractivity contribution in [2.24, 2.45) is 7.05 Å². The van der Waals surface area contributed by atoms with Crippen molar-refractivity contribution in [1.82, 2.24) is 14.7 Å². The van der Waals surface area contributed by atoms with Gasteiger partial charge in [0.1, 0.15) is 5.75 Å². The van der Waals surface area contributed by atoms with Crippen LogP contribution in [0.4, 0.5) is 10.5 Å². The third-order valence-corrected chi connectivity index (χ3v) is 4.98. The highest BCUT2D eigenvalue weighted by Gasteiger charge is 2.29. The van der Waals surface area contributed by atoms with E-state index in [1.54, 1.807) is 11.8 Å². The number of hydrogen-bond acceptors (Lipinski definition) is 3. The van der Waals surface area contributed by atoms with Gasteiger partial charge in [-0.3, -0.25) is 4.68 Å². The lowest BCUT2D eigenvalue weighted by Crippen LogP contribution is -2.41. The molecule has 0 bridgehead atoms. The van der Waals surface area contributed by atoms with Crippen LogP contribution >= 0.6 is 0 Å². The van der Waals surface area contributed by atoms with Gasteiger partial charge in [-0.25, -0.2) is 4.79 Å². The van der Waals surface area contributed by atoms with Gasteiger partial charge in [0, 0.05) is 13.6 Å². The van der Waals surface area contributed by atoms with Gasteiger partial charge in [0.05, 0.1) is 30.2 Å². The van der Waals surface area contributed by atoms with E-state index in [1.165, 1.54) is 0 Å². The maximum Gasteiger partial charge on any atom is 0.322 e. The Hall–Kier alpha value is -2.50. The number of piperidine rings is 1. The van der Waals surface area contributed by atoms with Crippen LogP contribution in [0.3, 0.4) is 0 Å². The van der Waals surface area contributed by atoms with E-state index in [0.717, 1.165) is 54.2 Å². The number of nitrogens with one attached hydrogen (secondary N) is 1. The van der Waals surface area contributed by atoms with Crippen LogP contribution in [0.15, 0.2) is 24.3 Å². The van der Waals surface area contributed by atoms with E-state index >= 15 is 0 Å². The summed E-state index contributed by atoms with van der Waals surface area (Å²) in [5.74, 6) is 0.822. The number of urea groups is 1. The molecule has 0 unspecified atom stereocenters. The molecule has 2 amide bonds. The number of likely N-dealkylation sites (tertiary alicyclic amines) is 1. The summed E-state index contributed by atoms with van der Waals surface area (Å²) in [6.45, 7) is 4.63. The fourth-order valence-corrected chi connectivity index (χ4v) is 3.50. The summed E-state index contributed by atoms with van der Waals surface area (Å²) >= 11 is 0. The first-order chi connectivity index (χ1) is 12.0. The molecule has 6 nitrogen and oxygen atoms in total. The Morgan fingerprint density at radius 2 is 2.12 bits per heavy atom. The first kappa shape index (κ1) is 17.3. The molecule has 3 rings (SSSR count). The van der Waals surface area contributed by atoms with Crippen molar-refractivity contribution < 1.29 is 9.53 Å². The Labute approximate surface area is 148 Å². The molecule has 1 aliphatic rings. The number of rotatable bonds is 3. The molecule has 1 N–H and O–H groups in total. The van der Waals surface area contributed by atoms with Crippen LogP contribution < -0.4 is 10.1 Å². The predicted molar refractivity (Wildman–Crippen MR) is 98.0 cm³/mol. The molecule has 1 saturated heterocycles. The standard InChI is InChI=1S/C19H26N4O2/c1-13-18(14(2)22(3)21-13)20-19(24)23-11-6-5-10-17(23)15-8-7-9-16(12-15)25-4/h7-9,12,17H,5-6,10-11H2,1-4H3,(H,20,24)/t17-/m1/s1. The smallest absolute Gasteiger partial charge is 0.322 e. The summed E-state index contributed by atoms with van der Waals surface area (Å²) in [5.41, 5.74) is 3.72. The largest absolute Gasteiger partial charge is 0.497 e. The average Bonchev–Trinajstić information content (AvgIpc) is 2.88. The molecule has 1 aromatic carbocycles. The molecule has 1 atom stereocenters. The number of benzene rings is 1. The second-order valence-corrected chi connectivity index (χ2v) is 6.58. The quantitative estimate of drug-likeness (QED) is 0.923. The third-order valence-electron chi connectivity index (χ3n) is 4.98. The zero-order chi connectivity index (χ0) is 18.0. The minimum atomic E-state index is -0.0632. The van der Waals surface area contributed by atoms with E-state index in [1.807, 2.05) is 44.0 Å². The summed E-state index contributed by atoms with van der Waals surface area (Å²) in [6.07, 6.45) is 3.11. The maximum absolute atomic E-state index is 13.0. The highest BCUT2D eigenvalue weighted by atomic mass is 16.5. The Kier molecular flexibility index (Phi) is 4.97. The number of carbonyl (C=O) groups is 1. The first-order valence-electron chi connectivity index (χ1n) is 8.73. The van der Waals surface area contributed by atoms with Crippen LogP contribution in [0.2, 0.25) is 0 Å². The number of hydrogen-bond donors (Lipinski definition) is 1. The van der Waals surface area contributed by atoms with Crippen LogP contribution in [0.5, 0.6) is 5.75 Å². The van der Waals surface area contributed by atoms with Crippen molar-refractivity contribution in [1.29, 1.82) is 0 Å². The summed E-state index contributed by atoms with van der Waals surface area (Å²) in [4.78, 5) is 14.9. The van der Waals surface area contributed by atoms with Gasteiger partial charge in [0.15, 0.2) is 0 Å². The topological polar surface area (TPSA) is 59.4 Å². The van der Waals surface area contributed by atoms with Gasteiger partial charge in [-0.2, -0.15) is 5.10 Å². The molecule has 0 radical (unpaired) electrons. The minimum absolute atomic E-state index is 0.0632. The van der Waals surface area contributed by atoms with Crippen LogP contribution in [-0.4, -0.2) is 34.4 Å². The Morgan fingerprint density at radius 1 is 1.32 bits per heavy atom. The van der Waals surface area contributed by atoms with Gasteiger partial charge in [-0.1, -0.05) is 12.1 Å². The first-order valence-corrected chi connectivity index (χ1v) is 8.73. The van der Waals surface area contributed by atoms with Crippen LogP contribution in [-0.2, 0) is 7.05 Å². The molecule has 2 heterocycles. The van der Waals surface area contributed by atoms with E-state index in [0.29, 0.717) is 0 Å². The van der Waals surface area contributed by atoms with E-state index in [-0.39, 0.29) is 12.1 Å². The molecule has 1 fully saturated rings. The maximum atomic E-state index is 13.0. The number of aromatic nitrogens is 2. The van der Waals surface area contributed by atoms with Crippen LogP contribution in [0.1, 0.15) is 42.3 Å². The van der Waals surface area contributed by atoms with Crippen molar-refractivity contribution in [3.63, 3.8) is 0 Å². The van der Waals surface area contributed by atoms with Crippen molar-refractivity contribution in [2.75, 3.05) is 19.0 Å². The number of amides is 2. The summed E-state index contributed by atoms with van der Waals surface area (Å²) in [7, 11) is 3.55. The average molecular weight is 342 g/mol. The highest BCUT2D eigenvalue weighted by Crippen LogP contribution is 2.33. The molecule has 0 saturated carbocycles. The molecule has 1 aliphatic heterocycles. The lowest BCUT2D eigenvalue weighted by molar-refractivity contribution is 0.163. The summed E-state index contributed by atoms with van der Waals surface area (Å²) in [6, 6.07) is 8.01. The lowest BCUT2D eigenvalue weighted by atomic mass is 9.95. The van der Waals surface area contributed by atoms with Gasteiger partial charge >= 0.3 is 6.03 Å². The second-order valence-electron chi connectivity index (χ2n) is 6.58. The lowest BCUT2D eigenvalue weighted by Gasteiger charge is -2.36. The highest BCUT2D eigenvalue weighted by molar-refractivity contribution is 5.91. The molecule has 6 heteroatoms. The number of ether oxygens (including phenoxy) is 1. The predicted octanol–water partition coefficient (Wildman–Crippen LogP) is 3.80. The number of carbonyl (C=O) groups excluding carboxylic acids is 1. The fourth-order valence-electron chi connectivity index (χ4n) is 3.50. The molecular weight excluding hydrogens is 316 g/mol. The van der Waals surface area contributed by atoms with Crippen LogP contribution in [0.25, 0.3) is 0 Å². The van der Waals surface area contributed by atoms with E-state index < -0.39 is 0 Å². The van der Waals surface area contributed by atoms with E-state index in [4.69, 9.17) is 4.74 Å². The molecule has 1 aromatic heterocycles. The van der Waals surface area contributed by atoms with Crippen LogP contribution in [0, 0.1) is 13.8 Å². The molecule has 0 aliphatic carbocycles. The van der Waals surface area contributed by atoms with Gasteiger partial charge < -0.3 is 15.0 Å². The Bertz CT molecular complexity index is 769. The molecule has 0 spiro atoms. The third kappa shape index (κ3) is 3.48. The minimum Gasteiger partial charge on any atom is -0.497 e. The number of aryl methyl sites for hydroxylation is 2. The van der Waals surface area contributed by atoms with E-state index in [2.05, 4.69) is 16.5 Å². The number of nitrogens with zero attached hydrogens (tertiary/aromatic N) is 3. The zero-order valence-electron chi connectivity index (χ0n) is 15.4. The fraction of sp³-hybridized carbons (Fsp3) is 0.474. The molecule has 134 valence electrons. The normalized spacial score (nSPS) is 17.4. The SMILES string of the molecule is COc1cccc([C@H]2CCCCN2C(=O)Nc2c(C)nn(C)c2C)c1. The van der Waals surface area contributed by atoms with Gasteiger partial charge in [0.25, 0.3) is 0 Å². The van der Waals surface area contributed by atoms with Gasteiger partial charge in [0.2, 0.25) is 0 Å². The van der Waals surface area contributed by atoms with E-state index in [9.17, 15) is 4.79 Å². The van der Waals surface area contributed by atoms with Crippen molar-refractivity contribution in [3.05, 3.63) is 41.2 Å². The Balaban J connectivity index is 1.83.